The molecule has 1 amide bonds. The first-order valence-electron chi connectivity index (χ1n) is 11.0. The van der Waals surface area contributed by atoms with Crippen molar-refractivity contribution in [3.05, 3.63) is 48.2 Å². The van der Waals surface area contributed by atoms with Crippen LogP contribution in [0.1, 0.15) is 63.9 Å². The number of likely N-dealkylation sites (tertiary alicyclic amines) is 1. The van der Waals surface area contributed by atoms with Crippen LogP contribution in [-0.2, 0) is 16.1 Å². The number of rotatable bonds is 13. The SMILES string of the molecule is CCCCCCC=COCC[N+](C)(Cc1ccccc1)CN1CCCCC1=O. The Morgan fingerprint density at radius 2 is 1.96 bits per heavy atom. The van der Waals surface area contributed by atoms with Crippen molar-refractivity contribution >= 4 is 5.91 Å². The van der Waals surface area contributed by atoms with Gasteiger partial charge in [-0.1, -0.05) is 56.5 Å². The zero-order valence-corrected chi connectivity index (χ0v) is 17.9. The second-order valence-corrected chi connectivity index (χ2v) is 8.33. The van der Waals surface area contributed by atoms with Crippen LogP contribution >= 0.6 is 0 Å². The molecule has 1 aromatic rings. The van der Waals surface area contributed by atoms with Crippen LogP contribution in [0.2, 0.25) is 0 Å². The summed E-state index contributed by atoms with van der Waals surface area (Å²) in [5.74, 6) is 0.302. The molecule has 4 nitrogen and oxygen atoms in total. The summed E-state index contributed by atoms with van der Waals surface area (Å²) in [6, 6.07) is 10.6. The number of nitrogens with zero attached hydrogens (tertiary/aromatic N) is 2. The summed E-state index contributed by atoms with van der Waals surface area (Å²) in [6.45, 7) is 6.36. The molecule has 0 aromatic heterocycles. The maximum atomic E-state index is 12.3. The average Bonchev–Trinajstić information content (AvgIpc) is 2.69. The third-order valence-electron chi connectivity index (χ3n) is 5.51. The van der Waals surface area contributed by atoms with E-state index in [4.69, 9.17) is 4.74 Å². The third kappa shape index (κ3) is 8.47. The molecule has 0 N–H and O–H groups in total. The normalized spacial score (nSPS) is 17.1. The Bertz CT molecular complexity index is 588. The molecule has 0 saturated carbocycles. The Morgan fingerprint density at radius 1 is 1.14 bits per heavy atom. The third-order valence-corrected chi connectivity index (χ3v) is 5.51. The van der Waals surface area contributed by atoms with Crippen LogP contribution in [0.4, 0.5) is 0 Å². The number of unbranched alkanes of at least 4 members (excludes halogenated alkanes) is 4. The monoisotopic (exact) mass is 387 g/mol. The molecule has 1 atom stereocenters. The molecule has 156 valence electrons. The van der Waals surface area contributed by atoms with E-state index in [-0.39, 0.29) is 0 Å². The van der Waals surface area contributed by atoms with Crippen LogP contribution in [0.25, 0.3) is 0 Å². The van der Waals surface area contributed by atoms with Gasteiger partial charge in [-0.3, -0.25) is 9.69 Å². The molecule has 0 radical (unpaired) electrons. The summed E-state index contributed by atoms with van der Waals surface area (Å²) in [7, 11) is 2.24. The highest BCUT2D eigenvalue weighted by Gasteiger charge is 2.29. The van der Waals surface area contributed by atoms with Crippen molar-refractivity contribution in [2.75, 3.05) is 33.4 Å². The highest BCUT2D eigenvalue weighted by atomic mass is 16.5. The molecule has 1 aromatic carbocycles. The largest absolute Gasteiger partial charge is 0.496 e. The molecule has 0 spiro atoms. The second-order valence-electron chi connectivity index (χ2n) is 8.33. The van der Waals surface area contributed by atoms with Gasteiger partial charge in [-0.15, -0.1) is 0 Å². The van der Waals surface area contributed by atoms with Gasteiger partial charge >= 0.3 is 0 Å². The number of amides is 1. The Morgan fingerprint density at radius 3 is 2.71 bits per heavy atom. The van der Waals surface area contributed by atoms with E-state index in [1.165, 1.54) is 31.2 Å². The topological polar surface area (TPSA) is 29.5 Å². The number of quaternary nitrogens is 1. The predicted molar refractivity (Wildman–Crippen MR) is 115 cm³/mol. The quantitative estimate of drug-likeness (QED) is 0.268. The number of hydrogen-bond donors (Lipinski definition) is 0. The maximum absolute atomic E-state index is 12.3. The fraction of sp³-hybridized carbons (Fsp3) is 0.625. The molecule has 1 unspecified atom stereocenters. The Kier molecular flexibility index (Phi) is 10.1. The van der Waals surface area contributed by atoms with Crippen molar-refractivity contribution in [2.24, 2.45) is 0 Å². The molecular formula is C24H39N2O2+. The molecule has 0 aliphatic carbocycles. The summed E-state index contributed by atoms with van der Waals surface area (Å²) >= 11 is 0. The Hall–Kier alpha value is -1.81. The van der Waals surface area contributed by atoms with Gasteiger partial charge in [0.05, 0.1) is 13.3 Å². The first-order valence-corrected chi connectivity index (χ1v) is 11.0. The zero-order valence-electron chi connectivity index (χ0n) is 17.9. The lowest BCUT2D eigenvalue weighted by atomic mass is 10.1. The number of piperidine rings is 1. The Balaban J connectivity index is 1.85. The first-order chi connectivity index (χ1) is 13.6. The van der Waals surface area contributed by atoms with E-state index in [1.54, 1.807) is 0 Å². The molecule has 1 saturated heterocycles. The van der Waals surface area contributed by atoms with Crippen molar-refractivity contribution in [2.45, 2.75) is 64.8 Å². The lowest BCUT2D eigenvalue weighted by molar-refractivity contribution is -0.930. The summed E-state index contributed by atoms with van der Waals surface area (Å²) < 4.78 is 6.58. The second kappa shape index (κ2) is 12.6. The highest BCUT2D eigenvalue weighted by molar-refractivity contribution is 5.76. The van der Waals surface area contributed by atoms with Crippen LogP contribution in [0.5, 0.6) is 0 Å². The molecule has 2 rings (SSSR count). The standard InChI is InChI=1S/C24H39N2O2/c1-3-4-5-6-7-13-19-28-20-18-26(2,21-23-14-9-8-10-15-23)22-25-17-12-11-16-24(25)27/h8-10,13-15,19H,3-7,11-12,16-18,20-22H2,1-2H3/q+1. The molecule has 0 bridgehead atoms. The van der Waals surface area contributed by atoms with Crippen molar-refractivity contribution in [1.82, 2.24) is 4.90 Å². The van der Waals surface area contributed by atoms with E-state index >= 15 is 0 Å². The predicted octanol–water partition coefficient (Wildman–Crippen LogP) is 5.10. The first kappa shape index (κ1) is 22.5. The van der Waals surface area contributed by atoms with Gasteiger partial charge < -0.3 is 9.22 Å². The van der Waals surface area contributed by atoms with Gasteiger partial charge in [-0.05, 0) is 31.8 Å². The van der Waals surface area contributed by atoms with Crippen LogP contribution in [0.3, 0.4) is 0 Å². The van der Waals surface area contributed by atoms with Gasteiger partial charge in [-0.25, -0.2) is 0 Å². The number of carbonyl (C=O) groups is 1. The number of allylic oxidation sites excluding steroid dienone is 1. The van der Waals surface area contributed by atoms with Gasteiger partial charge in [0, 0.05) is 18.5 Å². The summed E-state index contributed by atoms with van der Waals surface area (Å²) in [5.41, 5.74) is 1.31. The molecule has 28 heavy (non-hydrogen) atoms. The van der Waals surface area contributed by atoms with Gasteiger partial charge in [-0.2, -0.15) is 0 Å². The van der Waals surface area contributed by atoms with Crippen LogP contribution in [0.15, 0.2) is 42.7 Å². The fourth-order valence-electron chi connectivity index (χ4n) is 3.81. The molecule has 4 heteroatoms. The van der Waals surface area contributed by atoms with Gasteiger partial charge in [0.1, 0.15) is 19.7 Å². The highest BCUT2D eigenvalue weighted by Crippen LogP contribution is 2.17. The number of ether oxygens (including phenoxy) is 1. The Labute approximate surface area is 171 Å². The van der Waals surface area contributed by atoms with E-state index in [2.05, 4.69) is 55.3 Å². The van der Waals surface area contributed by atoms with Crippen molar-refractivity contribution in [3.63, 3.8) is 0 Å². The van der Waals surface area contributed by atoms with Gasteiger partial charge in [0.25, 0.3) is 0 Å². The van der Waals surface area contributed by atoms with E-state index in [0.29, 0.717) is 18.9 Å². The molecule has 1 heterocycles. The molecule has 1 fully saturated rings. The van der Waals surface area contributed by atoms with E-state index < -0.39 is 0 Å². The number of carbonyl (C=O) groups excluding carboxylic acids is 1. The van der Waals surface area contributed by atoms with E-state index in [9.17, 15) is 4.79 Å². The van der Waals surface area contributed by atoms with Crippen LogP contribution in [-0.4, -0.2) is 48.7 Å². The summed E-state index contributed by atoms with van der Waals surface area (Å²) in [4.78, 5) is 14.4. The van der Waals surface area contributed by atoms with Crippen LogP contribution < -0.4 is 0 Å². The summed E-state index contributed by atoms with van der Waals surface area (Å²) in [6.07, 6.45) is 13.1. The van der Waals surface area contributed by atoms with E-state index in [1.807, 2.05) is 6.26 Å². The van der Waals surface area contributed by atoms with Crippen molar-refractivity contribution in [3.8, 4) is 0 Å². The number of likely N-dealkylation sites (N-methyl/N-ethyl adjacent to an activating group) is 1. The molecule has 1 aliphatic rings. The number of hydrogen-bond acceptors (Lipinski definition) is 2. The molecule has 1 aliphatic heterocycles. The van der Waals surface area contributed by atoms with Crippen LogP contribution in [0, 0.1) is 0 Å². The minimum absolute atomic E-state index is 0.302. The van der Waals surface area contributed by atoms with Gasteiger partial charge in [0.2, 0.25) is 5.91 Å². The summed E-state index contributed by atoms with van der Waals surface area (Å²) in [5, 5.41) is 0. The number of benzene rings is 1. The fourth-order valence-corrected chi connectivity index (χ4v) is 3.81. The lowest BCUT2D eigenvalue weighted by Crippen LogP contribution is -2.54. The van der Waals surface area contributed by atoms with Crippen molar-refractivity contribution in [1.29, 1.82) is 0 Å². The smallest absolute Gasteiger partial charge is 0.226 e. The zero-order chi connectivity index (χ0) is 20.1. The van der Waals surface area contributed by atoms with E-state index in [0.717, 1.165) is 50.0 Å². The molecular weight excluding hydrogens is 348 g/mol. The minimum Gasteiger partial charge on any atom is -0.496 e. The average molecular weight is 388 g/mol. The maximum Gasteiger partial charge on any atom is 0.226 e. The lowest BCUT2D eigenvalue weighted by Gasteiger charge is -2.40. The minimum atomic E-state index is 0.302. The van der Waals surface area contributed by atoms with Crippen molar-refractivity contribution < 1.29 is 14.0 Å². The van der Waals surface area contributed by atoms with Gasteiger partial charge in [0.15, 0.2) is 6.67 Å².